The average Bonchev–Trinajstić information content (AvgIpc) is 2.72. The van der Waals surface area contributed by atoms with Gasteiger partial charge in [0, 0.05) is 38.5 Å². The third-order valence-corrected chi connectivity index (χ3v) is 4.77. The van der Waals surface area contributed by atoms with Crippen molar-refractivity contribution in [2.45, 2.75) is 39.5 Å². The number of carbonyl (C=O) groups excluding carboxylic acids is 2. The summed E-state index contributed by atoms with van der Waals surface area (Å²) < 4.78 is 1.73. The maximum atomic E-state index is 12.5. The number of hydrogen-bond acceptors (Lipinski definition) is 4. The van der Waals surface area contributed by atoms with E-state index in [-0.39, 0.29) is 11.8 Å². The molecule has 1 N–H and O–H groups in total. The van der Waals surface area contributed by atoms with Gasteiger partial charge in [-0.25, -0.2) is 4.98 Å². The van der Waals surface area contributed by atoms with E-state index in [1.807, 2.05) is 31.9 Å². The number of nitrogens with one attached hydrogen (secondary N) is 1. The molecule has 3 rings (SSSR count). The van der Waals surface area contributed by atoms with Crippen LogP contribution in [0.3, 0.4) is 0 Å². The van der Waals surface area contributed by atoms with Gasteiger partial charge in [-0.15, -0.1) is 0 Å². The Morgan fingerprint density at radius 1 is 1.24 bits per heavy atom. The smallest absolute Gasteiger partial charge is 0.253 e. The summed E-state index contributed by atoms with van der Waals surface area (Å²) in [4.78, 5) is 30.9. The predicted molar refractivity (Wildman–Crippen MR) is 95.4 cm³/mol. The van der Waals surface area contributed by atoms with Crippen molar-refractivity contribution in [3.05, 3.63) is 23.0 Å². The number of aryl methyl sites for hydroxylation is 3. The van der Waals surface area contributed by atoms with E-state index in [0.717, 1.165) is 42.5 Å². The summed E-state index contributed by atoms with van der Waals surface area (Å²) in [5, 5.41) is 8.16. The second-order valence-electron chi connectivity index (χ2n) is 6.65. The maximum Gasteiger partial charge on any atom is 0.253 e. The Morgan fingerprint density at radius 2 is 2.04 bits per heavy atom. The van der Waals surface area contributed by atoms with Crippen LogP contribution in [0.5, 0.6) is 0 Å². The monoisotopic (exact) mass is 343 g/mol. The van der Waals surface area contributed by atoms with Crippen molar-refractivity contribution < 1.29 is 9.59 Å². The molecule has 2 aromatic heterocycles. The van der Waals surface area contributed by atoms with Crippen LogP contribution in [-0.2, 0) is 11.8 Å². The van der Waals surface area contributed by atoms with Gasteiger partial charge in [0.1, 0.15) is 0 Å². The summed E-state index contributed by atoms with van der Waals surface area (Å²) in [6, 6.07) is 1.85. The van der Waals surface area contributed by atoms with Gasteiger partial charge < -0.3 is 10.2 Å². The van der Waals surface area contributed by atoms with Gasteiger partial charge in [0.2, 0.25) is 5.91 Å². The quantitative estimate of drug-likeness (QED) is 0.916. The number of hydrogen-bond donors (Lipinski definition) is 1. The number of rotatable bonds is 4. The summed E-state index contributed by atoms with van der Waals surface area (Å²) in [6.45, 7) is 5.54. The normalized spacial score (nSPS) is 15.5. The van der Waals surface area contributed by atoms with Gasteiger partial charge in [-0.2, -0.15) is 5.10 Å². The first-order valence-corrected chi connectivity index (χ1v) is 8.84. The molecule has 3 heterocycles. The minimum atomic E-state index is -0.155. The van der Waals surface area contributed by atoms with E-state index in [4.69, 9.17) is 0 Å². The first-order valence-electron chi connectivity index (χ1n) is 8.84. The van der Waals surface area contributed by atoms with Crippen LogP contribution in [0, 0.1) is 13.8 Å². The van der Waals surface area contributed by atoms with E-state index in [1.165, 1.54) is 0 Å². The summed E-state index contributed by atoms with van der Waals surface area (Å²) in [7, 11) is 1.85. The highest BCUT2D eigenvalue weighted by Crippen LogP contribution is 2.19. The number of likely N-dealkylation sites (tertiary alicyclic amines) is 1. The maximum absolute atomic E-state index is 12.5. The van der Waals surface area contributed by atoms with Crippen LogP contribution in [0.2, 0.25) is 0 Å². The molecule has 2 amide bonds. The first-order chi connectivity index (χ1) is 12.0. The van der Waals surface area contributed by atoms with Crippen molar-refractivity contribution in [3.8, 4) is 0 Å². The van der Waals surface area contributed by atoms with Crippen LogP contribution >= 0.6 is 0 Å². The first kappa shape index (κ1) is 17.4. The van der Waals surface area contributed by atoms with Crippen LogP contribution in [0.15, 0.2) is 6.07 Å². The Bertz CT molecular complexity index is 811. The highest BCUT2D eigenvalue weighted by atomic mass is 16.2. The van der Waals surface area contributed by atoms with Crippen molar-refractivity contribution in [3.63, 3.8) is 0 Å². The largest absolute Gasteiger partial charge is 0.350 e. The van der Waals surface area contributed by atoms with Gasteiger partial charge in [0.25, 0.3) is 5.91 Å². The van der Waals surface area contributed by atoms with Gasteiger partial charge in [-0.3, -0.25) is 14.3 Å². The van der Waals surface area contributed by atoms with Gasteiger partial charge in [-0.05, 0) is 32.8 Å². The lowest BCUT2D eigenvalue weighted by atomic mass is 10.1. The van der Waals surface area contributed by atoms with Crippen LogP contribution in [-0.4, -0.2) is 51.1 Å². The average molecular weight is 343 g/mol. The number of fused-ring (bicyclic) bond motifs is 1. The zero-order chi connectivity index (χ0) is 18.0. The number of carbonyl (C=O) groups is 2. The molecular weight excluding hydrogens is 318 g/mol. The van der Waals surface area contributed by atoms with Gasteiger partial charge in [0.05, 0.1) is 17.0 Å². The number of aromatic nitrogens is 3. The van der Waals surface area contributed by atoms with Gasteiger partial charge >= 0.3 is 0 Å². The highest BCUT2D eigenvalue weighted by Gasteiger charge is 2.18. The summed E-state index contributed by atoms with van der Waals surface area (Å²) in [5.41, 5.74) is 2.88. The summed E-state index contributed by atoms with van der Waals surface area (Å²) in [5.74, 6) is 0.0365. The zero-order valence-corrected chi connectivity index (χ0v) is 15.1. The van der Waals surface area contributed by atoms with Crippen molar-refractivity contribution in [1.29, 1.82) is 0 Å². The van der Waals surface area contributed by atoms with Gasteiger partial charge in [-0.1, -0.05) is 6.42 Å². The second-order valence-corrected chi connectivity index (χ2v) is 6.65. The van der Waals surface area contributed by atoms with E-state index in [2.05, 4.69) is 15.4 Å². The molecule has 0 saturated carbocycles. The molecule has 0 unspecified atom stereocenters. The Balaban J connectivity index is 1.67. The predicted octanol–water partition coefficient (Wildman–Crippen LogP) is 1.72. The molecule has 0 radical (unpaired) electrons. The molecule has 0 spiro atoms. The fourth-order valence-electron chi connectivity index (χ4n) is 3.34. The zero-order valence-electron chi connectivity index (χ0n) is 15.1. The number of nitrogens with zero attached hydrogens (tertiary/aromatic N) is 4. The van der Waals surface area contributed by atoms with Crippen molar-refractivity contribution >= 4 is 22.8 Å². The molecule has 7 nitrogen and oxygen atoms in total. The molecule has 1 aliphatic rings. The van der Waals surface area contributed by atoms with Crippen LogP contribution in [0.25, 0.3) is 11.0 Å². The summed E-state index contributed by atoms with van der Waals surface area (Å²) in [6.07, 6.45) is 3.73. The Kier molecular flexibility index (Phi) is 5.01. The number of pyridine rings is 1. The van der Waals surface area contributed by atoms with E-state index in [9.17, 15) is 9.59 Å². The molecule has 25 heavy (non-hydrogen) atoms. The molecule has 0 aliphatic carbocycles. The molecule has 2 aromatic rings. The van der Waals surface area contributed by atoms with Crippen LogP contribution in [0.4, 0.5) is 0 Å². The van der Waals surface area contributed by atoms with Crippen molar-refractivity contribution in [1.82, 2.24) is 25.0 Å². The minimum absolute atomic E-state index is 0.155. The standard InChI is InChI=1S/C18H25N5O2/c1-12-15(11-14-13(2)21-22(3)17(14)20-12)18(25)19-8-10-23-9-6-4-5-7-16(23)24/h11H,4-10H2,1-3H3,(H,19,25). The third-order valence-electron chi connectivity index (χ3n) is 4.77. The molecule has 1 saturated heterocycles. The van der Waals surface area contributed by atoms with E-state index in [1.54, 1.807) is 4.68 Å². The van der Waals surface area contributed by atoms with Gasteiger partial charge in [0.15, 0.2) is 5.65 Å². The molecule has 0 atom stereocenters. The molecule has 1 aliphatic heterocycles. The molecule has 7 heteroatoms. The van der Waals surface area contributed by atoms with E-state index < -0.39 is 0 Å². The van der Waals surface area contributed by atoms with E-state index in [0.29, 0.717) is 30.8 Å². The van der Waals surface area contributed by atoms with Crippen molar-refractivity contribution in [2.24, 2.45) is 7.05 Å². The Hall–Kier alpha value is -2.44. The Morgan fingerprint density at radius 3 is 2.84 bits per heavy atom. The molecule has 0 aromatic carbocycles. The van der Waals surface area contributed by atoms with Crippen molar-refractivity contribution in [2.75, 3.05) is 19.6 Å². The minimum Gasteiger partial charge on any atom is -0.350 e. The molecule has 0 bridgehead atoms. The van der Waals surface area contributed by atoms with E-state index >= 15 is 0 Å². The summed E-state index contributed by atoms with van der Waals surface area (Å²) >= 11 is 0. The SMILES string of the molecule is Cc1nc2c(cc1C(=O)NCCN1CCCCCC1=O)c(C)nn2C. The lowest BCUT2D eigenvalue weighted by Gasteiger charge is -2.20. The second kappa shape index (κ2) is 7.21. The highest BCUT2D eigenvalue weighted by molar-refractivity contribution is 5.98. The molecular formula is C18H25N5O2. The topological polar surface area (TPSA) is 80.1 Å². The fourth-order valence-corrected chi connectivity index (χ4v) is 3.34. The molecule has 134 valence electrons. The molecule has 1 fully saturated rings. The lowest BCUT2D eigenvalue weighted by molar-refractivity contribution is -0.130. The Labute approximate surface area is 147 Å². The number of amides is 2. The third kappa shape index (κ3) is 3.65. The fraction of sp³-hybridized carbons (Fsp3) is 0.556. The van der Waals surface area contributed by atoms with Crippen LogP contribution in [0.1, 0.15) is 47.4 Å². The lowest BCUT2D eigenvalue weighted by Crippen LogP contribution is -2.38. The van der Waals surface area contributed by atoms with Crippen LogP contribution < -0.4 is 5.32 Å².